The fraction of sp³-hybridized carbons (Fsp3) is 0.400. The summed E-state index contributed by atoms with van der Waals surface area (Å²) in [5.41, 5.74) is 1.39. The highest BCUT2D eigenvalue weighted by Gasteiger charge is 2.24. The molecule has 0 saturated carbocycles. The third-order valence-corrected chi connectivity index (χ3v) is 4.44. The van der Waals surface area contributed by atoms with Gasteiger partial charge in [0.1, 0.15) is 5.01 Å². The zero-order valence-corrected chi connectivity index (χ0v) is 12.0. The topological polar surface area (TPSA) is 28.2 Å². The fourth-order valence-corrected chi connectivity index (χ4v) is 3.40. The van der Waals surface area contributed by atoms with Crippen molar-refractivity contribution in [2.75, 3.05) is 19.6 Å². The van der Waals surface area contributed by atoms with Crippen LogP contribution in [0.1, 0.15) is 21.5 Å². The van der Waals surface area contributed by atoms with E-state index < -0.39 is 0 Å². The minimum absolute atomic E-state index is 0.458. The molecule has 1 aliphatic rings. The van der Waals surface area contributed by atoms with Crippen molar-refractivity contribution in [2.24, 2.45) is 0 Å². The number of rotatable bonds is 3. The van der Waals surface area contributed by atoms with E-state index >= 15 is 0 Å². The lowest BCUT2D eigenvalue weighted by atomic mass is 10.0. The smallest absolute Gasteiger partial charge is 0.107 e. The minimum atomic E-state index is 0.458. The molecule has 3 nitrogen and oxygen atoms in total. The Hall–Kier alpha value is -1.23. The number of benzene rings is 1. The molecule has 1 aliphatic heterocycles. The number of nitrogens with one attached hydrogen (secondary N) is 1. The van der Waals surface area contributed by atoms with Crippen molar-refractivity contribution in [3.8, 4) is 0 Å². The maximum absolute atomic E-state index is 4.49. The van der Waals surface area contributed by atoms with Gasteiger partial charge in [-0.1, -0.05) is 30.3 Å². The van der Waals surface area contributed by atoms with Crippen molar-refractivity contribution in [2.45, 2.75) is 19.5 Å². The molecule has 0 amide bonds. The first-order valence-corrected chi connectivity index (χ1v) is 7.55. The van der Waals surface area contributed by atoms with E-state index in [4.69, 9.17) is 0 Å². The summed E-state index contributed by atoms with van der Waals surface area (Å²) in [5, 5.41) is 4.72. The van der Waals surface area contributed by atoms with Gasteiger partial charge in [0, 0.05) is 36.8 Å². The number of nitrogens with zero attached hydrogens (tertiary/aromatic N) is 2. The molecule has 0 bridgehead atoms. The number of thiazole rings is 1. The molecule has 3 rings (SSSR count). The minimum Gasteiger partial charge on any atom is -0.314 e. The van der Waals surface area contributed by atoms with Gasteiger partial charge in [-0.15, -0.1) is 11.3 Å². The van der Waals surface area contributed by atoms with E-state index in [2.05, 4.69) is 52.5 Å². The first kappa shape index (κ1) is 12.8. The van der Waals surface area contributed by atoms with Gasteiger partial charge in [-0.3, -0.25) is 4.90 Å². The Kier molecular flexibility index (Phi) is 3.92. The van der Waals surface area contributed by atoms with Gasteiger partial charge in [-0.05, 0) is 12.5 Å². The molecule has 0 spiro atoms. The van der Waals surface area contributed by atoms with Crippen LogP contribution in [0, 0.1) is 6.92 Å². The third-order valence-electron chi connectivity index (χ3n) is 3.55. The maximum atomic E-state index is 4.49. The predicted molar refractivity (Wildman–Crippen MR) is 79.3 cm³/mol. The summed E-state index contributed by atoms with van der Waals surface area (Å²) in [6.07, 6.45) is 1.97. The van der Waals surface area contributed by atoms with Crippen LogP contribution in [0.5, 0.6) is 0 Å². The molecule has 1 fully saturated rings. The molecule has 1 aromatic heterocycles. The molecule has 2 aromatic rings. The highest BCUT2D eigenvalue weighted by molar-refractivity contribution is 7.11. The van der Waals surface area contributed by atoms with Crippen LogP contribution in [0.3, 0.4) is 0 Å². The van der Waals surface area contributed by atoms with Crippen LogP contribution in [0.25, 0.3) is 0 Å². The van der Waals surface area contributed by atoms with Gasteiger partial charge in [-0.2, -0.15) is 0 Å². The monoisotopic (exact) mass is 273 g/mol. The van der Waals surface area contributed by atoms with Gasteiger partial charge in [-0.25, -0.2) is 4.98 Å². The van der Waals surface area contributed by atoms with E-state index in [1.165, 1.54) is 15.4 Å². The second-order valence-electron chi connectivity index (χ2n) is 4.97. The first-order valence-electron chi connectivity index (χ1n) is 6.74. The van der Waals surface area contributed by atoms with Crippen molar-refractivity contribution in [3.63, 3.8) is 0 Å². The van der Waals surface area contributed by atoms with Gasteiger partial charge in [0.2, 0.25) is 0 Å². The second kappa shape index (κ2) is 5.82. The Bertz CT molecular complexity index is 523. The molecule has 1 unspecified atom stereocenters. The van der Waals surface area contributed by atoms with Crippen molar-refractivity contribution < 1.29 is 0 Å². The third kappa shape index (κ3) is 3.03. The fourth-order valence-electron chi connectivity index (χ4n) is 2.59. The SMILES string of the molecule is Cc1cnc(CN2CCNCC2c2ccccc2)s1. The summed E-state index contributed by atoms with van der Waals surface area (Å²) in [6.45, 7) is 6.24. The summed E-state index contributed by atoms with van der Waals surface area (Å²) < 4.78 is 0. The summed E-state index contributed by atoms with van der Waals surface area (Å²) in [7, 11) is 0. The summed E-state index contributed by atoms with van der Waals surface area (Å²) >= 11 is 1.81. The van der Waals surface area contributed by atoms with E-state index in [0.717, 1.165) is 26.2 Å². The van der Waals surface area contributed by atoms with Crippen LogP contribution < -0.4 is 5.32 Å². The molecule has 1 N–H and O–H groups in total. The molecule has 0 aliphatic carbocycles. The number of hydrogen-bond acceptors (Lipinski definition) is 4. The molecular weight excluding hydrogens is 254 g/mol. The Morgan fingerprint density at radius 1 is 1.37 bits per heavy atom. The Morgan fingerprint density at radius 3 is 2.95 bits per heavy atom. The quantitative estimate of drug-likeness (QED) is 0.931. The maximum Gasteiger partial charge on any atom is 0.107 e. The molecule has 4 heteroatoms. The summed E-state index contributed by atoms with van der Waals surface area (Å²) in [5.74, 6) is 0. The standard InChI is InChI=1S/C15H19N3S/c1-12-9-17-15(19-12)11-18-8-7-16-10-14(18)13-5-3-2-4-6-13/h2-6,9,14,16H,7-8,10-11H2,1H3. The number of hydrogen-bond donors (Lipinski definition) is 1. The van der Waals surface area contributed by atoms with Gasteiger partial charge in [0.25, 0.3) is 0 Å². The van der Waals surface area contributed by atoms with Crippen molar-refractivity contribution in [1.82, 2.24) is 15.2 Å². The first-order chi connectivity index (χ1) is 9.33. The zero-order chi connectivity index (χ0) is 13.1. The zero-order valence-electron chi connectivity index (χ0n) is 11.2. The number of piperazine rings is 1. The lowest BCUT2D eigenvalue weighted by Gasteiger charge is -2.36. The van der Waals surface area contributed by atoms with Crippen LogP contribution in [-0.4, -0.2) is 29.5 Å². The van der Waals surface area contributed by atoms with Gasteiger partial charge < -0.3 is 5.32 Å². The van der Waals surface area contributed by atoms with Crippen molar-refractivity contribution >= 4 is 11.3 Å². The Balaban J connectivity index is 1.77. The normalized spacial score (nSPS) is 20.6. The highest BCUT2D eigenvalue weighted by Crippen LogP contribution is 2.25. The average molecular weight is 273 g/mol. The van der Waals surface area contributed by atoms with E-state index in [9.17, 15) is 0 Å². The lowest BCUT2D eigenvalue weighted by molar-refractivity contribution is 0.153. The van der Waals surface area contributed by atoms with E-state index in [1.807, 2.05) is 6.20 Å². The van der Waals surface area contributed by atoms with Crippen LogP contribution in [0.2, 0.25) is 0 Å². The summed E-state index contributed by atoms with van der Waals surface area (Å²) in [6, 6.07) is 11.2. The Morgan fingerprint density at radius 2 is 2.21 bits per heavy atom. The molecule has 19 heavy (non-hydrogen) atoms. The molecule has 2 heterocycles. The van der Waals surface area contributed by atoms with E-state index in [-0.39, 0.29) is 0 Å². The predicted octanol–water partition coefficient (Wildman–Crippen LogP) is 2.60. The largest absolute Gasteiger partial charge is 0.314 e. The molecule has 0 radical (unpaired) electrons. The van der Waals surface area contributed by atoms with Crippen LogP contribution in [-0.2, 0) is 6.54 Å². The van der Waals surface area contributed by atoms with Gasteiger partial charge >= 0.3 is 0 Å². The van der Waals surface area contributed by atoms with Gasteiger partial charge in [0.05, 0.1) is 6.54 Å². The summed E-state index contributed by atoms with van der Waals surface area (Å²) in [4.78, 5) is 8.32. The van der Waals surface area contributed by atoms with Crippen LogP contribution in [0.4, 0.5) is 0 Å². The van der Waals surface area contributed by atoms with Crippen LogP contribution >= 0.6 is 11.3 Å². The van der Waals surface area contributed by atoms with E-state index in [0.29, 0.717) is 6.04 Å². The number of aromatic nitrogens is 1. The molecule has 1 atom stereocenters. The average Bonchev–Trinajstić information content (AvgIpc) is 2.86. The molecule has 1 aromatic carbocycles. The van der Waals surface area contributed by atoms with Crippen molar-refractivity contribution in [1.29, 1.82) is 0 Å². The second-order valence-corrected chi connectivity index (χ2v) is 6.29. The highest BCUT2D eigenvalue weighted by atomic mass is 32.1. The molecule has 100 valence electrons. The number of aryl methyl sites for hydroxylation is 1. The molecule has 1 saturated heterocycles. The van der Waals surface area contributed by atoms with Crippen molar-refractivity contribution in [3.05, 3.63) is 52.0 Å². The molecular formula is C15H19N3S. The van der Waals surface area contributed by atoms with Gasteiger partial charge in [0.15, 0.2) is 0 Å². The van der Waals surface area contributed by atoms with E-state index in [1.54, 1.807) is 11.3 Å². The Labute approximate surface area is 118 Å². The van der Waals surface area contributed by atoms with Crippen LogP contribution in [0.15, 0.2) is 36.5 Å². The lowest BCUT2D eigenvalue weighted by Crippen LogP contribution is -2.45.